The highest BCUT2D eigenvalue weighted by Gasteiger charge is 2.17. The van der Waals surface area contributed by atoms with Gasteiger partial charge in [-0.05, 0) is 35.6 Å². The highest BCUT2D eigenvalue weighted by Crippen LogP contribution is 2.35. The molecule has 0 amide bonds. The molecule has 0 saturated heterocycles. The van der Waals surface area contributed by atoms with Crippen LogP contribution in [0.4, 0.5) is 0 Å². The summed E-state index contributed by atoms with van der Waals surface area (Å²) in [5.74, 6) is 0.520. The normalized spacial score (nSPS) is 10.9. The largest absolute Gasteiger partial charge is 0.496 e. The average Bonchev–Trinajstić information content (AvgIpc) is 2.95. The van der Waals surface area contributed by atoms with Crippen LogP contribution in [0.1, 0.15) is 48.3 Å². The van der Waals surface area contributed by atoms with E-state index in [1.54, 1.807) is 7.11 Å². The van der Waals surface area contributed by atoms with Gasteiger partial charge in [0.05, 0.1) is 7.11 Å². The average molecular weight is 289 g/mol. The fraction of sp³-hybridized carbons (Fsp3) is 0.375. The van der Waals surface area contributed by atoms with Gasteiger partial charge in [0.1, 0.15) is 5.75 Å². The van der Waals surface area contributed by atoms with Crippen LogP contribution in [0.5, 0.6) is 5.75 Å². The summed E-state index contributed by atoms with van der Waals surface area (Å²) in [6, 6.07) is 5.36. The summed E-state index contributed by atoms with van der Waals surface area (Å²) < 4.78 is 10.7. The second-order valence-electron chi connectivity index (χ2n) is 5.15. The SMILES string of the molecule is CCc1cc(-c2cc(C(=O)O)no2)cc(C(C)C)c1OC. The second kappa shape index (κ2) is 5.99. The summed E-state index contributed by atoms with van der Waals surface area (Å²) in [6.45, 7) is 6.23. The van der Waals surface area contributed by atoms with Gasteiger partial charge in [0.25, 0.3) is 0 Å². The number of carboxylic acid groups (broad SMARTS) is 1. The van der Waals surface area contributed by atoms with E-state index in [1.807, 2.05) is 12.1 Å². The van der Waals surface area contributed by atoms with Crippen LogP contribution >= 0.6 is 0 Å². The number of methoxy groups -OCH3 is 1. The summed E-state index contributed by atoms with van der Waals surface area (Å²) in [6.07, 6.45) is 0.816. The molecule has 0 fully saturated rings. The van der Waals surface area contributed by atoms with Gasteiger partial charge < -0.3 is 14.4 Å². The Morgan fingerprint density at radius 3 is 2.57 bits per heavy atom. The van der Waals surface area contributed by atoms with Crippen molar-refractivity contribution in [1.29, 1.82) is 0 Å². The molecule has 1 aromatic carbocycles. The summed E-state index contributed by atoms with van der Waals surface area (Å²) >= 11 is 0. The minimum absolute atomic E-state index is 0.0926. The van der Waals surface area contributed by atoms with Crippen molar-refractivity contribution in [3.8, 4) is 17.1 Å². The molecule has 0 spiro atoms. The standard InChI is InChI=1S/C16H19NO4/c1-5-10-6-11(7-12(9(2)3)15(10)20-4)14-8-13(16(18)19)17-21-14/h6-9H,5H2,1-4H3,(H,18,19). The predicted molar refractivity (Wildman–Crippen MR) is 78.9 cm³/mol. The Balaban J connectivity index is 2.58. The highest BCUT2D eigenvalue weighted by atomic mass is 16.5. The first-order valence-electron chi connectivity index (χ1n) is 6.89. The van der Waals surface area contributed by atoms with Gasteiger partial charge in [-0.25, -0.2) is 4.79 Å². The highest BCUT2D eigenvalue weighted by molar-refractivity contribution is 5.86. The summed E-state index contributed by atoms with van der Waals surface area (Å²) in [5.41, 5.74) is 2.86. The van der Waals surface area contributed by atoms with Crippen molar-refractivity contribution in [3.63, 3.8) is 0 Å². The quantitative estimate of drug-likeness (QED) is 0.907. The Kier molecular flexibility index (Phi) is 4.31. The van der Waals surface area contributed by atoms with Gasteiger partial charge in [0, 0.05) is 11.6 Å². The fourth-order valence-corrected chi connectivity index (χ4v) is 2.31. The molecule has 1 heterocycles. The van der Waals surface area contributed by atoms with E-state index in [2.05, 4.69) is 25.9 Å². The zero-order valence-corrected chi connectivity index (χ0v) is 12.6. The third-order valence-corrected chi connectivity index (χ3v) is 3.42. The zero-order chi connectivity index (χ0) is 15.6. The molecule has 112 valence electrons. The van der Waals surface area contributed by atoms with Crippen LogP contribution in [0.2, 0.25) is 0 Å². The van der Waals surface area contributed by atoms with E-state index in [9.17, 15) is 4.79 Å². The van der Waals surface area contributed by atoms with Crippen LogP contribution in [-0.4, -0.2) is 23.3 Å². The molecule has 0 radical (unpaired) electrons. The van der Waals surface area contributed by atoms with Crippen molar-refractivity contribution >= 4 is 5.97 Å². The van der Waals surface area contributed by atoms with Gasteiger partial charge in [-0.15, -0.1) is 0 Å². The summed E-state index contributed by atoms with van der Waals surface area (Å²) in [7, 11) is 1.66. The number of carboxylic acids is 1. The van der Waals surface area contributed by atoms with E-state index in [4.69, 9.17) is 14.4 Å². The van der Waals surface area contributed by atoms with E-state index in [0.717, 1.165) is 28.9 Å². The Labute approximate surface area is 123 Å². The second-order valence-corrected chi connectivity index (χ2v) is 5.15. The van der Waals surface area contributed by atoms with Crippen molar-refractivity contribution < 1.29 is 19.2 Å². The lowest BCUT2D eigenvalue weighted by molar-refractivity contribution is 0.0686. The van der Waals surface area contributed by atoms with Crippen molar-refractivity contribution in [2.75, 3.05) is 7.11 Å². The Morgan fingerprint density at radius 1 is 1.38 bits per heavy atom. The van der Waals surface area contributed by atoms with Crippen molar-refractivity contribution in [2.45, 2.75) is 33.1 Å². The molecule has 0 atom stereocenters. The molecule has 2 aromatic rings. The van der Waals surface area contributed by atoms with Gasteiger partial charge in [-0.3, -0.25) is 0 Å². The molecule has 0 aliphatic carbocycles. The minimum atomic E-state index is -1.10. The number of hydrogen-bond acceptors (Lipinski definition) is 4. The third-order valence-electron chi connectivity index (χ3n) is 3.42. The number of nitrogens with zero attached hydrogens (tertiary/aromatic N) is 1. The van der Waals surface area contributed by atoms with Crippen LogP contribution in [0, 0.1) is 0 Å². The number of rotatable bonds is 5. The first-order valence-corrected chi connectivity index (χ1v) is 6.89. The lowest BCUT2D eigenvalue weighted by atomic mass is 9.94. The van der Waals surface area contributed by atoms with E-state index in [0.29, 0.717) is 5.76 Å². The van der Waals surface area contributed by atoms with Crippen LogP contribution in [0.25, 0.3) is 11.3 Å². The maximum absolute atomic E-state index is 10.9. The molecule has 2 rings (SSSR count). The molecule has 5 heteroatoms. The lowest BCUT2D eigenvalue weighted by Crippen LogP contribution is -1.99. The van der Waals surface area contributed by atoms with Crippen molar-refractivity contribution in [1.82, 2.24) is 5.16 Å². The van der Waals surface area contributed by atoms with Gasteiger partial charge in [0.2, 0.25) is 0 Å². The molecule has 0 bridgehead atoms. The molecule has 1 N–H and O–H groups in total. The fourth-order valence-electron chi connectivity index (χ4n) is 2.31. The molecule has 21 heavy (non-hydrogen) atoms. The van der Waals surface area contributed by atoms with Gasteiger partial charge in [-0.1, -0.05) is 25.9 Å². The van der Waals surface area contributed by atoms with Crippen molar-refractivity contribution in [2.24, 2.45) is 0 Å². The Bertz CT molecular complexity index is 658. The molecular formula is C16H19NO4. The third kappa shape index (κ3) is 2.91. The molecule has 0 saturated carbocycles. The molecule has 5 nitrogen and oxygen atoms in total. The molecule has 1 aromatic heterocycles. The number of benzene rings is 1. The Hall–Kier alpha value is -2.30. The smallest absolute Gasteiger partial charge is 0.358 e. The first-order chi connectivity index (χ1) is 9.97. The topological polar surface area (TPSA) is 72.6 Å². The van der Waals surface area contributed by atoms with E-state index < -0.39 is 5.97 Å². The monoisotopic (exact) mass is 289 g/mol. The molecule has 0 aliphatic rings. The number of hydrogen-bond donors (Lipinski definition) is 1. The molecule has 0 unspecified atom stereocenters. The summed E-state index contributed by atoms with van der Waals surface area (Å²) in [5, 5.41) is 12.5. The Morgan fingerprint density at radius 2 is 2.10 bits per heavy atom. The maximum Gasteiger partial charge on any atom is 0.358 e. The van der Waals surface area contributed by atoms with Crippen LogP contribution < -0.4 is 4.74 Å². The summed E-state index contributed by atoms with van der Waals surface area (Å²) in [4.78, 5) is 10.9. The van der Waals surface area contributed by atoms with E-state index >= 15 is 0 Å². The van der Waals surface area contributed by atoms with Gasteiger partial charge >= 0.3 is 5.97 Å². The minimum Gasteiger partial charge on any atom is -0.496 e. The maximum atomic E-state index is 10.9. The first kappa shape index (κ1) is 15.1. The lowest BCUT2D eigenvalue weighted by Gasteiger charge is -2.16. The number of aromatic carboxylic acids is 1. The van der Waals surface area contributed by atoms with Crippen LogP contribution in [-0.2, 0) is 6.42 Å². The van der Waals surface area contributed by atoms with E-state index in [-0.39, 0.29) is 11.6 Å². The number of ether oxygens (including phenoxy) is 1. The number of aryl methyl sites for hydroxylation is 1. The molecule has 0 aliphatic heterocycles. The number of carbonyl (C=O) groups is 1. The molecular weight excluding hydrogens is 270 g/mol. The van der Waals surface area contributed by atoms with Crippen molar-refractivity contribution in [3.05, 3.63) is 35.0 Å². The van der Waals surface area contributed by atoms with Gasteiger partial charge in [-0.2, -0.15) is 0 Å². The van der Waals surface area contributed by atoms with Gasteiger partial charge in [0.15, 0.2) is 11.5 Å². The number of aromatic nitrogens is 1. The predicted octanol–water partition coefficient (Wildman–Crippen LogP) is 3.73. The van der Waals surface area contributed by atoms with Crippen LogP contribution in [0.15, 0.2) is 22.7 Å². The van der Waals surface area contributed by atoms with E-state index in [1.165, 1.54) is 6.07 Å². The zero-order valence-electron chi connectivity index (χ0n) is 12.6. The van der Waals surface area contributed by atoms with Crippen LogP contribution in [0.3, 0.4) is 0 Å².